The zero-order valence-corrected chi connectivity index (χ0v) is 11.7. The van der Waals surface area contributed by atoms with E-state index in [4.69, 9.17) is 5.73 Å². The van der Waals surface area contributed by atoms with Crippen molar-refractivity contribution in [2.45, 2.75) is 13.5 Å². The quantitative estimate of drug-likeness (QED) is 0.510. The highest BCUT2D eigenvalue weighted by atomic mass is 19.1. The molecular weight excluding hydrogens is 271 g/mol. The van der Waals surface area contributed by atoms with Gasteiger partial charge >= 0.3 is 0 Å². The Balaban J connectivity index is 2.49. The molecule has 0 aliphatic rings. The van der Waals surface area contributed by atoms with Crippen molar-refractivity contribution >= 4 is 5.71 Å². The van der Waals surface area contributed by atoms with Gasteiger partial charge in [-0.2, -0.15) is 0 Å². The summed E-state index contributed by atoms with van der Waals surface area (Å²) in [4.78, 5) is 4.18. The second kappa shape index (κ2) is 6.81. The molecule has 0 saturated carbocycles. The molecule has 0 aliphatic carbocycles. The van der Waals surface area contributed by atoms with E-state index < -0.39 is 0 Å². The van der Waals surface area contributed by atoms with Gasteiger partial charge in [-0.3, -0.25) is 4.99 Å². The molecule has 2 rings (SSSR count). The molecule has 21 heavy (non-hydrogen) atoms. The van der Waals surface area contributed by atoms with E-state index in [0.717, 1.165) is 5.49 Å². The number of aromatic nitrogens is 1. The van der Waals surface area contributed by atoms with E-state index in [1.165, 1.54) is 12.1 Å². The number of nitrogens with two attached hydrogens (primary N) is 1. The zero-order chi connectivity index (χ0) is 15.2. The average molecular weight is 288 g/mol. The van der Waals surface area contributed by atoms with Gasteiger partial charge in [-0.05, 0) is 43.3 Å². The lowest BCUT2D eigenvalue weighted by atomic mass is 10.0. The minimum Gasteiger partial charge on any atom is -0.410 e. The minimum atomic E-state index is -0.336. The van der Waals surface area contributed by atoms with Gasteiger partial charge in [0.15, 0.2) is 0 Å². The second-order valence-corrected chi connectivity index (χ2v) is 4.36. The van der Waals surface area contributed by atoms with Crippen molar-refractivity contribution in [2.75, 3.05) is 6.67 Å². The van der Waals surface area contributed by atoms with Crippen molar-refractivity contribution in [3.63, 3.8) is 0 Å². The number of nitrogens with zero attached hydrogens (tertiary/aromatic N) is 3. The summed E-state index contributed by atoms with van der Waals surface area (Å²) in [5.41, 5.74) is 7.90. The van der Waals surface area contributed by atoms with E-state index in [0.29, 0.717) is 23.4 Å². The SMILES string of the molecule is CCn1cc(/C(=N/O)c2ccc(F)cc2)cc/c1=N/CN. The van der Waals surface area contributed by atoms with Crippen LogP contribution in [0, 0.1) is 5.82 Å². The summed E-state index contributed by atoms with van der Waals surface area (Å²) in [6.07, 6.45) is 1.83. The fourth-order valence-electron chi connectivity index (χ4n) is 2.06. The van der Waals surface area contributed by atoms with Gasteiger partial charge in [0.05, 0.1) is 6.67 Å². The fraction of sp³-hybridized carbons (Fsp3) is 0.200. The maximum absolute atomic E-state index is 13.0. The number of rotatable bonds is 4. The first-order valence-electron chi connectivity index (χ1n) is 6.59. The predicted molar refractivity (Wildman–Crippen MR) is 78.5 cm³/mol. The van der Waals surface area contributed by atoms with Crippen molar-refractivity contribution in [1.82, 2.24) is 4.57 Å². The number of oxime groups is 1. The molecule has 1 aromatic carbocycles. The van der Waals surface area contributed by atoms with Crippen LogP contribution in [0.4, 0.5) is 4.39 Å². The van der Waals surface area contributed by atoms with Gasteiger partial charge in [-0.25, -0.2) is 4.39 Å². The van der Waals surface area contributed by atoms with Crippen LogP contribution in [-0.2, 0) is 6.54 Å². The zero-order valence-electron chi connectivity index (χ0n) is 11.7. The third kappa shape index (κ3) is 3.35. The van der Waals surface area contributed by atoms with Gasteiger partial charge in [-0.1, -0.05) is 5.16 Å². The Morgan fingerprint density at radius 1 is 1.19 bits per heavy atom. The highest BCUT2D eigenvalue weighted by Crippen LogP contribution is 2.11. The van der Waals surface area contributed by atoms with Crippen molar-refractivity contribution < 1.29 is 9.60 Å². The molecule has 0 atom stereocenters. The monoisotopic (exact) mass is 288 g/mol. The van der Waals surface area contributed by atoms with Gasteiger partial charge < -0.3 is 15.5 Å². The van der Waals surface area contributed by atoms with E-state index in [2.05, 4.69) is 10.1 Å². The Labute approximate surface area is 121 Å². The molecule has 3 N–H and O–H groups in total. The third-order valence-corrected chi connectivity index (χ3v) is 3.09. The number of benzene rings is 1. The van der Waals surface area contributed by atoms with Gasteiger partial charge in [0.1, 0.15) is 17.0 Å². The van der Waals surface area contributed by atoms with Crippen LogP contribution < -0.4 is 11.2 Å². The largest absolute Gasteiger partial charge is 0.410 e. The van der Waals surface area contributed by atoms with Crippen molar-refractivity contribution in [3.05, 3.63) is 65.0 Å². The lowest BCUT2D eigenvalue weighted by Gasteiger charge is -2.09. The highest BCUT2D eigenvalue weighted by molar-refractivity contribution is 6.12. The Hall–Kier alpha value is -2.47. The maximum atomic E-state index is 13.0. The summed E-state index contributed by atoms with van der Waals surface area (Å²) >= 11 is 0. The lowest BCUT2D eigenvalue weighted by molar-refractivity contribution is 0.319. The Morgan fingerprint density at radius 2 is 1.86 bits per heavy atom. The molecule has 1 heterocycles. The highest BCUT2D eigenvalue weighted by Gasteiger charge is 2.09. The molecule has 110 valence electrons. The van der Waals surface area contributed by atoms with Crippen LogP contribution in [0.3, 0.4) is 0 Å². The maximum Gasteiger partial charge on any atom is 0.128 e. The first-order valence-corrected chi connectivity index (χ1v) is 6.59. The van der Waals surface area contributed by atoms with E-state index in [1.807, 2.05) is 17.7 Å². The van der Waals surface area contributed by atoms with Gasteiger partial charge in [0, 0.05) is 23.9 Å². The molecule has 0 aliphatic heterocycles. The first kappa shape index (κ1) is 14.9. The summed E-state index contributed by atoms with van der Waals surface area (Å²) in [6, 6.07) is 9.39. The van der Waals surface area contributed by atoms with E-state index in [9.17, 15) is 9.60 Å². The number of pyridine rings is 1. The molecule has 0 saturated heterocycles. The molecule has 0 unspecified atom stereocenters. The van der Waals surface area contributed by atoms with Gasteiger partial charge in [-0.15, -0.1) is 0 Å². The summed E-state index contributed by atoms with van der Waals surface area (Å²) in [5.74, 6) is -0.336. The molecule has 0 radical (unpaired) electrons. The van der Waals surface area contributed by atoms with Crippen LogP contribution in [-0.4, -0.2) is 22.2 Å². The van der Waals surface area contributed by atoms with Crippen LogP contribution in [0.2, 0.25) is 0 Å². The van der Waals surface area contributed by atoms with Crippen molar-refractivity contribution in [3.8, 4) is 0 Å². The van der Waals surface area contributed by atoms with Gasteiger partial charge in [0.2, 0.25) is 0 Å². The van der Waals surface area contributed by atoms with Crippen molar-refractivity contribution in [1.29, 1.82) is 0 Å². The second-order valence-electron chi connectivity index (χ2n) is 4.36. The van der Waals surface area contributed by atoms with Gasteiger partial charge in [0.25, 0.3) is 0 Å². The van der Waals surface area contributed by atoms with Crippen LogP contribution in [0.25, 0.3) is 0 Å². The Bertz CT molecular complexity index is 704. The fourth-order valence-corrected chi connectivity index (χ4v) is 2.06. The average Bonchev–Trinajstić information content (AvgIpc) is 2.51. The smallest absolute Gasteiger partial charge is 0.128 e. The number of halogens is 1. The molecule has 0 fully saturated rings. The molecule has 0 amide bonds. The summed E-state index contributed by atoms with van der Waals surface area (Å²) in [6.45, 7) is 2.89. The van der Waals surface area contributed by atoms with Crippen LogP contribution >= 0.6 is 0 Å². The molecule has 1 aromatic heterocycles. The molecule has 5 nitrogen and oxygen atoms in total. The van der Waals surface area contributed by atoms with Crippen molar-refractivity contribution in [2.24, 2.45) is 15.9 Å². The molecular formula is C15H17FN4O. The summed E-state index contributed by atoms with van der Waals surface area (Å²) in [7, 11) is 0. The Kier molecular flexibility index (Phi) is 4.84. The van der Waals surface area contributed by atoms with Crippen LogP contribution in [0.15, 0.2) is 52.7 Å². The molecule has 6 heteroatoms. The number of aryl methyl sites for hydroxylation is 1. The predicted octanol–water partition coefficient (Wildman–Crippen LogP) is 1.69. The van der Waals surface area contributed by atoms with E-state index in [-0.39, 0.29) is 12.5 Å². The summed E-state index contributed by atoms with van der Waals surface area (Å²) < 4.78 is 14.9. The summed E-state index contributed by atoms with van der Waals surface area (Å²) in [5, 5.41) is 12.6. The van der Waals surface area contributed by atoms with Crippen LogP contribution in [0.5, 0.6) is 0 Å². The third-order valence-electron chi connectivity index (χ3n) is 3.09. The number of hydrogen-bond acceptors (Lipinski definition) is 4. The topological polar surface area (TPSA) is 75.9 Å². The molecule has 2 aromatic rings. The lowest BCUT2D eigenvalue weighted by Crippen LogP contribution is -2.22. The number of hydrogen-bond donors (Lipinski definition) is 2. The first-order chi connectivity index (χ1) is 10.2. The Morgan fingerprint density at radius 3 is 2.43 bits per heavy atom. The standard InChI is InChI=1S/C15H17FN4O/c1-2-20-9-12(5-8-14(20)18-10-17)15(19-21)11-3-6-13(16)7-4-11/h3-9,21H,2,10,17H2,1H3/b18-14-,19-15+. The molecule has 0 spiro atoms. The van der Waals surface area contributed by atoms with Crippen LogP contribution in [0.1, 0.15) is 18.1 Å². The van der Waals surface area contributed by atoms with E-state index >= 15 is 0 Å². The molecule has 0 bridgehead atoms. The van der Waals surface area contributed by atoms with E-state index in [1.54, 1.807) is 24.3 Å². The normalized spacial score (nSPS) is 12.7. The minimum absolute atomic E-state index is 0.207.